The Labute approximate surface area is 123 Å². The van der Waals surface area contributed by atoms with Crippen LogP contribution in [0.2, 0.25) is 5.02 Å². The van der Waals surface area contributed by atoms with Gasteiger partial charge in [0.25, 0.3) is 0 Å². The van der Waals surface area contributed by atoms with Gasteiger partial charge in [-0.15, -0.1) is 11.3 Å². The lowest BCUT2D eigenvalue weighted by atomic mass is 10.1. The summed E-state index contributed by atoms with van der Waals surface area (Å²) in [4.78, 5) is 16.4. The second-order valence-corrected chi connectivity index (χ2v) is 5.79. The van der Waals surface area contributed by atoms with Crippen molar-refractivity contribution < 1.29 is 9.18 Å². The topological polar surface area (TPSA) is 30.0 Å². The van der Waals surface area contributed by atoms with Crippen LogP contribution in [0.25, 0.3) is 10.2 Å². The molecule has 0 saturated heterocycles. The van der Waals surface area contributed by atoms with Gasteiger partial charge in [-0.25, -0.2) is 9.37 Å². The van der Waals surface area contributed by atoms with Gasteiger partial charge >= 0.3 is 0 Å². The maximum Gasteiger partial charge on any atom is 0.195 e. The van der Waals surface area contributed by atoms with Gasteiger partial charge in [0.2, 0.25) is 0 Å². The predicted molar refractivity (Wildman–Crippen MR) is 79.1 cm³/mol. The molecule has 0 N–H and O–H groups in total. The van der Waals surface area contributed by atoms with Crippen molar-refractivity contribution in [2.45, 2.75) is 6.42 Å². The number of rotatable bonds is 3. The van der Waals surface area contributed by atoms with Crippen LogP contribution >= 0.6 is 22.9 Å². The van der Waals surface area contributed by atoms with E-state index in [4.69, 9.17) is 11.6 Å². The average Bonchev–Trinajstić information content (AvgIpc) is 2.86. The van der Waals surface area contributed by atoms with E-state index in [1.807, 2.05) is 24.3 Å². The SMILES string of the molecule is O=C(Cc1ccc(Cl)cc1F)c1nc2ccccc2s1. The number of para-hydroxylation sites is 1. The van der Waals surface area contributed by atoms with E-state index in [1.165, 1.54) is 23.5 Å². The molecule has 2 aromatic carbocycles. The third-order valence-corrected chi connectivity index (χ3v) is 4.21. The summed E-state index contributed by atoms with van der Waals surface area (Å²) in [6.45, 7) is 0. The summed E-state index contributed by atoms with van der Waals surface area (Å²) in [5.74, 6) is -0.653. The molecule has 2 nitrogen and oxygen atoms in total. The van der Waals surface area contributed by atoms with Crippen molar-refractivity contribution in [2.24, 2.45) is 0 Å². The minimum Gasteiger partial charge on any atom is -0.291 e. The van der Waals surface area contributed by atoms with Gasteiger partial charge in [0.15, 0.2) is 10.8 Å². The van der Waals surface area contributed by atoms with Crippen LogP contribution in [0.5, 0.6) is 0 Å². The first-order valence-corrected chi connectivity index (χ1v) is 7.15. The summed E-state index contributed by atoms with van der Waals surface area (Å²) >= 11 is 7.01. The highest BCUT2D eigenvalue weighted by Gasteiger charge is 2.15. The largest absolute Gasteiger partial charge is 0.291 e. The normalized spacial score (nSPS) is 10.9. The molecule has 0 aliphatic carbocycles. The fourth-order valence-corrected chi connectivity index (χ4v) is 2.97. The molecule has 0 amide bonds. The molecule has 5 heteroatoms. The fourth-order valence-electron chi connectivity index (χ4n) is 1.91. The molecule has 1 heterocycles. The van der Waals surface area contributed by atoms with E-state index in [9.17, 15) is 9.18 Å². The van der Waals surface area contributed by atoms with Crippen molar-refractivity contribution in [1.29, 1.82) is 0 Å². The van der Waals surface area contributed by atoms with Crippen molar-refractivity contribution in [3.8, 4) is 0 Å². The highest BCUT2D eigenvalue weighted by atomic mass is 35.5. The van der Waals surface area contributed by atoms with Crippen LogP contribution in [0.3, 0.4) is 0 Å². The zero-order valence-electron chi connectivity index (χ0n) is 10.3. The molecular weight excluding hydrogens is 297 g/mol. The third-order valence-electron chi connectivity index (χ3n) is 2.90. The number of fused-ring (bicyclic) bond motifs is 1. The summed E-state index contributed by atoms with van der Waals surface area (Å²) in [5.41, 5.74) is 1.12. The first-order valence-electron chi connectivity index (χ1n) is 5.96. The molecule has 0 aliphatic rings. The van der Waals surface area contributed by atoms with Crippen molar-refractivity contribution in [3.05, 3.63) is 63.9 Å². The first kappa shape index (κ1) is 13.2. The summed E-state index contributed by atoms with van der Waals surface area (Å²) in [7, 11) is 0. The molecule has 3 aromatic rings. The Morgan fingerprint density at radius 3 is 2.80 bits per heavy atom. The second-order valence-electron chi connectivity index (χ2n) is 4.32. The van der Waals surface area contributed by atoms with E-state index in [0.29, 0.717) is 15.6 Å². The molecule has 0 fully saturated rings. The maximum absolute atomic E-state index is 13.7. The van der Waals surface area contributed by atoms with Crippen LogP contribution in [0.4, 0.5) is 4.39 Å². The van der Waals surface area contributed by atoms with Crippen molar-refractivity contribution in [3.63, 3.8) is 0 Å². The van der Waals surface area contributed by atoms with Gasteiger partial charge in [0.05, 0.1) is 10.2 Å². The van der Waals surface area contributed by atoms with Gasteiger partial charge in [-0.3, -0.25) is 4.79 Å². The molecule has 0 atom stereocenters. The molecule has 100 valence electrons. The van der Waals surface area contributed by atoms with Crippen LogP contribution in [0, 0.1) is 5.82 Å². The highest BCUT2D eigenvalue weighted by Crippen LogP contribution is 2.23. The smallest absolute Gasteiger partial charge is 0.195 e. The number of aromatic nitrogens is 1. The lowest BCUT2D eigenvalue weighted by molar-refractivity contribution is 0.0991. The number of carbonyl (C=O) groups excluding carboxylic acids is 1. The van der Waals surface area contributed by atoms with Gasteiger partial charge in [0.1, 0.15) is 5.82 Å². The number of hydrogen-bond donors (Lipinski definition) is 0. The van der Waals surface area contributed by atoms with Crippen LogP contribution in [-0.4, -0.2) is 10.8 Å². The fraction of sp³-hybridized carbons (Fsp3) is 0.0667. The number of benzene rings is 2. The minimum absolute atomic E-state index is 0.0111. The third kappa shape index (κ3) is 2.57. The average molecular weight is 306 g/mol. The minimum atomic E-state index is -0.466. The number of thiazole rings is 1. The summed E-state index contributed by atoms with van der Waals surface area (Å²) in [6.07, 6.45) is -0.0111. The van der Waals surface area contributed by atoms with Gasteiger partial charge in [-0.1, -0.05) is 29.8 Å². The van der Waals surface area contributed by atoms with Gasteiger partial charge in [-0.05, 0) is 29.8 Å². The first-order chi connectivity index (χ1) is 9.63. The number of carbonyl (C=O) groups is 1. The number of hydrogen-bond acceptors (Lipinski definition) is 3. The Morgan fingerprint density at radius 1 is 1.25 bits per heavy atom. The molecule has 0 radical (unpaired) electrons. The van der Waals surface area contributed by atoms with Crippen molar-refractivity contribution >= 4 is 38.9 Å². The molecule has 0 unspecified atom stereocenters. The van der Waals surface area contributed by atoms with Crippen LogP contribution < -0.4 is 0 Å². The molecule has 1 aromatic heterocycles. The maximum atomic E-state index is 13.7. The van der Waals surface area contributed by atoms with Gasteiger partial charge in [0, 0.05) is 11.4 Å². The summed E-state index contributed by atoms with van der Waals surface area (Å²) < 4.78 is 14.6. The van der Waals surface area contributed by atoms with E-state index >= 15 is 0 Å². The van der Waals surface area contributed by atoms with E-state index in [2.05, 4.69) is 4.98 Å². The lowest BCUT2D eigenvalue weighted by Crippen LogP contribution is -2.04. The quantitative estimate of drug-likeness (QED) is 0.666. The molecule has 3 rings (SSSR count). The predicted octanol–water partition coefficient (Wildman–Crippen LogP) is 4.51. The van der Waals surface area contributed by atoms with Crippen LogP contribution in [0.1, 0.15) is 15.4 Å². The Morgan fingerprint density at radius 2 is 2.05 bits per heavy atom. The van der Waals surface area contributed by atoms with Gasteiger partial charge < -0.3 is 0 Å². The highest BCUT2D eigenvalue weighted by molar-refractivity contribution is 7.20. The standard InChI is InChI=1S/C15H9ClFNOS/c16-10-6-5-9(11(17)8-10)7-13(19)15-18-12-3-1-2-4-14(12)20-15/h1-6,8H,7H2. The molecular formula is C15H9ClFNOS. The number of nitrogens with zero attached hydrogens (tertiary/aromatic N) is 1. The molecule has 0 bridgehead atoms. The summed E-state index contributed by atoms with van der Waals surface area (Å²) in [6, 6.07) is 11.8. The van der Waals surface area contributed by atoms with Crippen LogP contribution in [0.15, 0.2) is 42.5 Å². The van der Waals surface area contributed by atoms with E-state index in [1.54, 1.807) is 6.07 Å². The van der Waals surface area contributed by atoms with E-state index < -0.39 is 5.82 Å². The number of ketones is 1. The molecule has 20 heavy (non-hydrogen) atoms. The number of halogens is 2. The zero-order valence-corrected chi connectivity index (χ0v) is 11.8. The van der Waals surface area contributed by atoms with Gasteiger partial charge in [-0.2, -0.15) is 0 Å². The Kier molecular flexibility index (Phi) is 3.51. The lowest BCUT2D eigenvalue weighted by Gasteiger charge is -2.01. The molecule has 0 spiro atoms. The second kappa shape index (κ2) is 5.31. The molecule has 0 saturated carbocycles. The van der Waals surface area contributed by atoms with E-state index in [-0.39, 0.29) is 12.2 Å². The van der Waals surface area contributed by atoms with Crippen molar-refractivity contribution in [1.82, 2.24) is 4.98 Å². The monoisotopic (exact) mass is 305 g/mol. The Hall–Kier alpha value is -1.78. The summed E-state index contributed by atoms with van der Waals surface area (Å²) in [5, 5.41) is 0.722. The Bertz CT molecular complexity index is 766. The number of Topliss-reactive ketones (excluding diaryl/α,β-unsaturated/α-hetero) is 1. The molecule has 0 aliphatic heterocycles. The zero-order chi connectivity index (χ0) is 14.1. The van der Waals surface area contributed by atoms with Crippen molar-refractivity contribution in [2.75, 3.05) is 0 Å². The van der Waals surface area contributed by atoms with E-state index in [0.717, 1.165) is 10.2 Å². The Balaban J connectivity index is 1.89. The van der Waals surface area contributed by atoms with Crippen LogP contribution in [-0.2, 0) is 6.42 Å².